The molecule has 0 bridgehead atoms. The maximum absolute atomic E-state index is 12.4. The van der Waals surface area contributed by atoms with Crippen LogP contribution in [0, 0.1) is 0 Å². The van der Waals surface area contributed by atoms with Gasteiger partial charge in [-0.05, 0) is 57.2 Å². The molecule has 1 aliphatic rings. The van der Waals surface area contributed by atoms with Crippen LogP contribution in [0.15, 0.2) is 18.2 Å². The van der Waals surface area contributed by atoms with E-state index in [1.165, 1.54) is 0 Å². The summed E-state index contributed by atoms with van der Waals surface area (Å²) < 4.78 is 5.44. The number of carbonyl (C=O) groups excluding carboxylic acids is 1. The zero-order valence-corrected chi connectivity index (χ0v) is 13.5. The minimum Gasteiger partial charge on any atom is -0.508 e. The Hall–Kier alpha value is -1.75. The van der Waals surface area contributed by atoms with Crippen molar-refractivity contribution in [2.75, 3.05) is 13.2 Å². The number of benzene rings is 1. The lowest BCUT2D eigenvalue weighted by molar-refractivity contribution is 0.0108. The predicted molar refractivity (Wildman–Crippen MR) is 83.9 cm³/mol. The van der Waals surface area contributed by atoms with Gasteiger partial charge in [0.25, 0.3) is 0 Å². The lowest BCUT2D eigenvalue weighted by Crippen LogP contribution is -2.47. The molecule has 2 rings (SSSR count). The molecule has 0 saturated carbocycles. The first-order valence-electron chi connectivity index (χ1n) is 7.72. The van der Waals surface area contributed by atoms with Crippen LogP contribution in [-0.2, 0) is 17.6 Å². The smallest absolute Gasteiger partial charge is 0.410 e. The number of phenolic OH excluding ortho intramolecular Hbond substituents is 1. The monoisotopic (exact) mass is 307 g/mol. The van der Waals surface area contributed by atoms with Gasteiger partial charge < -0.3 is 19.8 Å². The number of rotatable bonds is 3. The molecule has 1 aromatic rings. The van der Waals surface area contributed by atoms with Gasteiger partial charge in [-0.1, -0.05) is 12.1 Å². The number of amides is 1. The molecular weight excluding hydrogens is 282 g/mol. The molecule has 122 valence electrons. The van der Waals surface area contributed by atoms with Gasteiger partial charge in [0.2, 0.25) is 0 Å². The number of phenols is 1. The number of ether oxygens (including phenoxy) is 1. The molecule has 22 heavy (non-hydrogen) atoms. The van der Waals surface area contributed by atoms with Crippen LogP contribution in [0.3, 0.4) is 0 Å². The Kier molecular flexibility index (Phi) is 4.96. The summed E-state index contributed by atoms with van der Waals surface area (Å²) >= 11 is 0. The molecule has 0 fully saturated rings. The van der Waals surface area contributed by atoms with E-state index in [0.717, 1.165) is 24.0 Å². The molecule has 0 heterocycles. The van der Waals surface area contributed by atoms with Crippen LogP contribution in [0.5, 0.6) is 5.75 Å². The minimum absolute atomic E-state index is 0.0173. The molecule has 1 unspecified atom stereocenters. The third-order valence-corrected chi connectivity index (χ3v) is 3.84. The van der Waals surface area contributed by atoms with Gasteiger partial charge >= 0.3 is 6.09 Å². The van der Waals surface area contributed by atoms with E-state index in [9.17, 15) is 15.0 Å². The van der Waals surface area contributed by atoms with Crippen LogP contribution in [-0.4, -0.2) is 46.0 Å². The van der Waals surface area contributed by atoms with E-state index in [-0.39, 0.29) is 19.2 Å². The molecule has 0 aromatic heterocycles. The number of hydrogen-bond acceptors (Lipinski definition) is 4. The zero-order valence-electron chi connectivity index (χ0n) is 13.5. The standard InChI is InChI=1S/C17H25NO4/c1-17(2,3)22-16(21)18(9-10-19)13-7-8-14-12(11-13)5-4-6-15(14)20/h4-6,13,19-20H,7-11H2,1-3H3. The predicted octanol–water partition coefficient (Wildman–Crippen LogP) is 2.48. The van der Waals surface area contributed by atoms with Crippen molar-refractivity contribution in [3.63, 3.8) is 0 Å². The number of carbonyl (C=O) groups is 1. The maximum atomic E-state index is 12.4. The zero-order chi connectivity index (χ0) is 16.3. The number of aliphatic hydroxyl groups is 1. The van der Waals surface area contributed by atoms with Gasteiger partial charge in [-0.3, -0.25) is 0 Å². The molecule has 5 heteroatoms. The van der Waals surface area contributed by atoms with Crippen molar-refractivity contribution in [1.29, 1.82) is 0 Å². The summed E-state index contributed by atoms with van der Waals surface area (Å²) in [4.78, 5) is 14.0. The first-order chi connectivity index (χ1) is 10.3. The maximum Gasteiger partial charge on any atom is 0.410 e. The van der Waals surface area contributed by atoms with E-state index in [4.69, 9.17) is 4.74 Å². The number of aromatic hydroxyl groups is 1. The summed E-state index contributed by atoms with van der Waals surface area (Å²) in [5.41, 5.74) is 1.46. The van der Waals surface area contributed by atoms with Gasteiger partial charge in [0.15, 0.2) is 0 Å². The van der Waals surface area contributed by atoms with E-state index in [0.29, 0.717) is 12.2 Å². The first-order valence-corrected chi connectivity index (χ1v) is 7.72. The second-order valence-corrected chi connectivity index (χ2v) is 6.71. The quantitative estimate of drug-likeness (QED) is 0.900. The van der Waals surface area contributed by atoms with Gasteiger partial charge in [-0.15, -0.1) is 0 Å². The van der Waals surface area contributed by atoms with Crippen LogP contribution in [0.4, 0.5) is 4.79 Å². The van der Waals surface area contributed by atoms with Crippen LogP contribution in [0.25, 0.3) is 0 Å². The summed E-state index contributed by atoms with van der Waals surface area (Å²) in [5.74, 6) is 0.321. The number of aliphatic hydroxyl groups excluding tert-OH is 1. The summed E-state index contributed by atoms with van der Waals surface area (Å²) in [6.45, 7) is 5.65. The van der Waals surface area contributed by atoms with Gasteiger partial charge in [-0.25, -0.2) is 4.79 Å². The van der Waals surface area contributed by atoms with Crippen LogP contribution in [0.1, 0.15) is 38.3 Å². The van der Waals surface area contributed by atoms with Crippen molar-refractivity contribution >= 4 is 6.09 Å². The third kappa shape index (κ3) is 3.91. The molecule has 1 atom stereocenters. The van der Waals surface area contributed by atoms with Crippen molar-refractivity contribution in [3.05, 3.63) is 29.3 Å². The molecule has 1 aliphatic carbocycles. The molecule has 2 N–H and O–H groups in total. The number of hydrogen-bond donors (Lipinski definition) is 2. The highest BCUT2D eigenvalue weighted by Gasteiger charge is 2.31. The van der Waals surface area contributed by atoms with Crippen molar-refractivity contribution in [3.8, 4) is 5.75 Å². The topological polar surface area (TPSA) is 70.0 Å². The van der Waals surface area contributed by atoms with Crippen LogP contribution in [0.2, 0.25) is 0 Å². The average Bonchev–Trinajstić information content (AvgIpc) is 2.42. The molecule has 1 aromatic carbocycles. The second-order valence-electron chi connectivity index (χ2n) is 6.71. The van der Waals surface area contributed by atoms with Crippen molar-refractivity contribution in [2.45, 2.75) is 51.7 Å². The van der Waals surface area contributed by atoms with E-state index in [1.807, 2.05) is 32.9 Å². The fourth-order valence-corrected chi connectivity index (χ4v) is 2.89. The Morgan fingerprint density at radius 3 is 2.77 bits per heavy atom. The Balaban J connectivity index is 2.15. The number of nitrogens with zero attached hydrogens (tertiary/aromatic N) is 1. The van der Waals surface area contributed by atoms with Gasteiger partial charge in [0, 0.05) is 12.6 Å². The van der Waals surface area contributed by atoms with E-state index in [1.54, 1.807) is 11.0 Å². The highest BCUT2D eigenvalue weighted by Crippen LogP contribution is 2.31. The molecule has 0 saturated heterocycles. The van der Waals surface area contributed by atoms with E-state index in [2.05, 4.69) is 0 Å². The van der Waals surface area contributed by atoms with Gasteiger partial charge in [0.05, 0.1) is 6.61 Å². The summed E-state index contributed by atoms with van der Waals surface area (Å²) in [5, 5.41) is 19.2. The van der Waals surface area contributed by atoms with Crippen LogP contribution >= 0.6 is 0 Å². The summed E-state index contributed by atoms with van der Waals surface area (Å²) in [7, 11) is 0. The lowest BCUT2D eigenvalue weighted by atomic mass is 9.87. The Morgan fingerprint density at radius 2 is 2.14 bits per heavy atom. The second kappa shape index (κ2) is 6.57. The Labute approximate surface area is 131 Å². The minimum atomic E-state index is -0.560. The molecule has 1 amide bonds. The molecule has 0 radical (unpaired) electrons. The van der Waals surface area contributed by atoms with E-state index >= 15 is 0 Å². The van der Waals surface area contributed by atoms with Crippen molar-refractivity contribution in [1.82, 2.24) is 4.90 Å². The molecular formula is C17H25NO4. The fourth-order valence-electron chi connectivity index (χ4n) is 2.89. The molecule has 0 aliphatic heterocycles. The number of fused-ring (bicyclic) bond motifs is 1. The summed E-state index contributed by atoms with van der Waals surface area (Å²) in [6, 6.07) is 5.48. The highest BCUT2D eigenvalue weighted by molar-refractivity contribution is 5.68. The normalized spacial score (nSPS) is 17.7. The van der Waals surface area contributed by atoms with Gasteiger partial charge in [-0.2, -0.15) is 0 Å². The average molecular weight is 307 g/mol. The van der Waals surface area contributed by atoms with Crippen molar-refractivity contribution in [2.24, 2.45) is 0 Å². The van der Waals surface area contributed by atoms with Crippen molar-refractivity contribution < 1.29 is 19.7 Å². The highest BCUT2D eigenvalue weighted by atomic mass is 16.6. The first kappa shape index (κ1) is 16.6. The fraction of sp³-hybridized carbons (Fsp3) is 0.588. The van der Waals surface area contributed by atoms with Gasteiger partial charge in [0.1, 0.15) is 11.4 Å². The Bertz CT molecular complexity index is 536. The third-order valence-electron chi connectivity index (χ3n) is 3.84. The molecule has 0 spiro atoms. The Morgan fingerprint density at radius 1 is 1.41 bits per heavy atom. The SMILES string of the molecule is CC(C)(C)OC(=O)N(CCO)C1CCc2c(O)cccc2C1. The van der Waals surface area contributed by atoms with Crippen LogP contribution < -0.4 is 0 Å². The molecule has 5 nitrogen and oxygen atoms in total. The van der Waals surface area contributed by atoms with E-state index < -0.39 is 11.7 Å². The lowest BCUT2D eigenvalue weighted by Gasteiger charge is -2.36. The summed E-state index contributed by atoms with van der Waals surface area (Å²) in [6.07, 6.45) is 1.75. The largest absolute Gasteiger partial charge is 0.508 e.